The molecule has 2 nitrogen and oxygen atoms in total. The Morgan fingerprint density at radius 3 is 2.33 bits per heavy atom. The van der Waals surface area contributed by atoms with E-state index < -0.39 is 0 Å². The van der Waals surface area contributed by atoms with E-state index >= 15 is 0 Å². The number of methoxy groups -OCH3 is 1. The first-order valence-corrected chi connectivity index (χ1v) is 7.85. The second-order valence-corrected chi connectivity index (χ2v) is 6.26. The highest BCUT2D eigenvalue weighted by molar-refractivity contribution is 9.10. The largest absolute Gasteiger partial charge is 0.496 e. The molecule has 0 aliphatic heterocycles. The number of ether oxygens (including phenoxy) is 1. The van der Waals surface area contributed by atoms with Crippen molar-refractivity contribution in [2.45, 2.75) is 26.8 Å². The minimum absolute atomic E-state index is 0.159. The molecule has 0 aromatic heterocycles. The Morgan fingerprint density at radius 1 is 1.00 bits per heavy atom. The predicted octanol–water partition coefficient (Wildman–Crippen LogP) is 4.69. The fraction of sp³-hybridized carbons (Fsp3) is 0.333. The van der Waals surface area contributed by atoms with E-state index in [4.69, 9.17) is 4.74 Å². The maximum absolute atomic E-state index is 5.45. The van der Waals surface area contributed by atoms with Gasteiger partial charge in [-0.2, -0.15) is 0 Å². The zero-order valence-corrected chi connectivity index (χ0v) is 14.8. The minimum Gasteiger partial charge on any atom is -0.496 e. The first-order chi connectivity index (χ1) is 9.97. The Hall–Kier alpha value is -1.32. The molecule has 2 aromatic rings. The highest BCUT2D eigenvalue weighted by Gasteiger charge is 2.16. The predicted molar refractivity (Wildman–Crippen MR) is 92.2 cm³/mol. The van der Waals surface area contributed by atoms with Crippen molar-refractivity contribution in [2.24, 2.45) is 0 Å². The summed E-state index contributed by atoms with van der Waals surface area (Å²) in [6.07, 6.45) is 0. The maximum Gasteiger partial charge on any atom is 0.122 e. The topological polar surface area (TPSA) is 21.3 Å². The quantitative estimate of drug-likeness (QED) is 0.865. The number of aryl methyl sites for hydroxylation is 3. The van der Waals surface area contributed by atoms with Gasteiger partial charge in [0.1, 0.15) is 5.75 Å². The second-order valence-electron chi connectivity index (χ2n) is 5.41. The lowest BCUT2D eigenvalue weighted by molar-refractivity contribution is 0.410. The fourth-order valence-corrected chi connectivity index (χ4v) is 3.09. The first-order valence-electron chi connectivity index (χ1n) is 7.06. The molecule has 21 heavy (non-hydrogen) atoms. The Labute approximate surface area is 135 Å². The van der Waals surface area contributed by atoms with Gasteiger partial charge in [0.15, 0.2) is 0 Å². The fourth-order valence-electron chi connectivity index (χ4n) is 2.63. The van der Waals surface area contributed by atoms with Gasteiger partial charge in [-0.15, -0.1) is 0 Å². The van der Waals surface area contributed by atoms with E-state index in [1.54, 1.807) is 7.11 Å². The molecule has 0 radical (unpaired) electrons. The molecule has 0 saturated heterocycles. The zero-order chi connectivity index (χ0) is 15.6. The molecule has 0 amide bonds. The summed E-state index contributed by atoms with van der Waals surface area (Å²) in [5.41, 5.74) is 6.18. The Balaban J connectivity index is 2.52. The van der Waals surface area contributed by atoms with Gasteiger partial charge >= 0.3 is 0 Å². The van der Waals surface area contributed by atoms with E-state index in [1.165, 1.54) is 22.3 Å². The summed E-state index contributed by atoms with van der Waals surface area (Å²) in [5, 5.41) is 3.42. The molecular weight excluding hydrogens is 326 g/mol. The van der Waals surface area contributed by atoms with Gasteiger partial charge in [-0.1, -0.05) is 34.1 Å². The van der Waals surface area contributed by atoms with Crippen LogP contribution in [0.15, 0.2) is 34.8 Å². The van der Waals surface area contributed by atoms with Crippen LogP contribution in [0.1, 0.15) is 33.9 Å². The minimum atomic E-state index is 0.159. The van der Waals surface area contributed by atoms with E-state index in [-0.39, 0.29) is 6.04 Å². The van der Waals surface area contributed by atoms with E-state index in [2.05, 4.69) is 72.3 Å². The average Bonchev–Trinajstić information content (AvgIpc) is 2.46. The molecule has 1 N–H and O–H groups in total. The van der Waals surface area contributed by atoms with Gasteiger partial charge in [0, 0.05) is 4.47 Å². The Morgan fingerprint density at radius 2 is 1.71 bits per heavy atom. The van der Waals surface area contributed by atoms with Crippen molar-refractivity contribution in [3.05, 3.63) is 62.6 Å². The van der Waals surface area contributed by atoms with Gasteiger partial charge in [0.2, 0.25) is 0 Å². The van der Waals surface area contributed by atoms with Crippen molar-refractivity contribution in [2.75, 3.05) is 14.2 Å². The van der Waals surface area contributed by atoms with Gasteiger partial charge < -0.3 is 10.1 Å². The van der Waals surface area contributed by atoms with E-state index in [0.717, 1.165) is 15.8 Å². The monoisotopic (exact) mass is 347 g/mol. The number of nitrogens with one attached hydrogen (secondary N) is 1. The van der Waals surface area contributed by atoms with E-state index in [1.807, 2.05) is 7.05 Å². The summed E-state index contributed by atoms with van der Waals surface area (Å²) in [6.45, 7) is 6.33. The summed E-state index contributed by atoms with van der Waals surface area (Å²) >= 11 is 3.60. The van der Waals surface area contributed by atoms with Crippen LogP contribution in [0.2, 0.25) is 0 Å². The molecule has 0 bridgehead atoms. The smallest absolute Gasteiger partial charge is 0.122 e. The number of hydrogen-bond donors (Lipinski definition) is 1. The molecule has 0 spiro atoms. The van der Waals surface area contributed by atoms with Crippen LogP contribution in [0.5, 0.6) is 5.75 Å². The lowest BCUT2D eigenvalue weighted by Crippen LogP contribution is -2.19. The van der Waals surface area contributed by atoms with Gasteiger partial charge in [-0.3, -0.25) is 0 Å². The molecule has 0 saturated carbocycles. The summed E-state index contributed by atoms with van der Waals surface area (Å²) in [4.78, 5) is 0. The van der Waals surface area contributed by atoms with Crippen molar-refractivity contribution in [3.63, 3.8) is 0 Å². The second kappa shape index (κ2) is 6.63. The summed E-state index contributed by atoms with van der Waals surface area (Å²) in [5.74, 6) is 0.930. The molecule has 0 aliphatic rings. The molecule has 0 aliphatic carbocycles. The molecule has 0 heterocycles. The van der Waals surface area contributed by atoms with Crippen molar-refractivity contribution >= 4 is 15.9 Å². The lowest BCUT2D eigenvalue weighted by atomic mass is 9.93. The van der Waals surface area contributed by atoms with Crippen LogP contribution in [0.3, 0.4) is 0 Å². The van der Waals surface area contributed by atoms with Crippen LogP contribution in [-0.2, 0) is 0 Å². The van der Waals surface area contributed by atoms with Gasteiger partial charge in [-0.05, 0) is 67.8 Å². The van der Waals surface area contributed by atoms with E-state index in [9.17, 15) is 0 Å². The Kier molecular flexibility index (Phi) is 5.07. The molecule has 1 atom stereocenters. The maximum atomic E-state index is 5.45. The molecule has 0 fully saturated rings. The zero-order valence-electron chi connectivity index (χ0n) is 13.3. The van der Waals surface area contributed by atoms with Gasteiger partial charge in [0.05, 0.1) is 13.2 Å². The molecular formula is C18H22BrNO. The molecule has 2 rings (SSSR count). The van der Waals surface area contributed by atoms with Crippen molar-refractivity contribution < 1.29 is 4.74 Å². The molecule has 112 valence electrons. The van der Waals surface area contributed by atoms with Crippen LogP contribution >= 0.6 is 15.9 Å². The Bertz CT molecular complexity index is 652. The third-order valence-corrected chi connectivity index (χ3v) is 4.77. The van der Waals surface area contributed by atoms with Gasteiger partial charge in [0.25, 0.3) is 0 Å². The third-order valence-electron chi connectivity index (χ3n) is 3.91. The van der Waals surface area contributed by atoms with Gasteiger partial charge in [-0.25, -0.2) is 0 Å². The number of hydrogen-bond acceptors (Lipinski definition) is 2. The van der Waals surface area contributed by atoms with Crippen LogP contribution in [-0.4, -0.2) is 14.2 Å². The van der Waals surface area contributed by atoms with Crippen molar-refractivity contribution in [3.8, 4) is 5.75 Å². The average molecular weight is 348 g/mol. The normalized spacial score (nSPS) is 12.3. The summed E-state index contributed by atoms with van der Waals surface area (Å²) < 4.78 is 6.61. The van der Waals surface area contributed by atoms with Crippen LogP contribution in [0.25, 0.3) is 0 Å². The third kappa shape index (κ3) is 3.30. The number of rotatable bonds is 4. The summed E-state index contributed by atoms with van der Waals surface area (Å²) in [6, 6.07) is 11.0. The molecule has 2 aromatic carbocycles. The highest BCUT2D eigenvalue weighted by Crippen LogP contribution is 2.31. The van der Waals surface area contributed by atoms with Crippen molar-refractivity contribution in [1.29, 1.82) is 0 Å². The lowest BCUT2D eigenvalue weighted by Gasteiger charge is -2.21. The standard InChI is InChI=1S/C18H22BrNO/c1-11-6-7-14(10-17(11)21-5)18(20-4)15-8-13(3)16(19)9-12(15)2/h6-10,18,20H,1-5H3. The van der Waals surface area contributed by atoms with Crippen LogP contribution in [0.4, 0.5) is 0 Å². The molecule has 3 heteroatoms. The first kappa shape index (κ1) is 16.1. The van der Waals surface area contributed by atoms with Crippen LogP contribution < -0.4 is 10.1 Å². The van der Waals surface area contributed by atoms with Crippen LogP contribution in [0, 0.1) is 20.8 Å². The molecule has 1 unspecified atom stereocenters. The summed E-state index contributed by atoms with van der Waals surface area (Å²) in [7, 11) is 3.71. The van der Waals surface area contributed by atoms with E-state index in [0.29, 0.717) is 0 Å². The van der Waals surface area contributed by atoms with Crippen molar-refractivity contribution in [1.82, 2.24) is 5.32 Å². The highest BCUT2D eigenvalue weighted by atomic mass is 79.9. The SMILES string of the molecule is CNC(c1ccc(C)c(OC)c1)c1cc(C)c(Br)cc1C. The number of benzene rings is 2. The number of halogens is 1.